The quantitative estimate of drug-likeness (QED) is 0.742. The van der Waals surface area contributed by atoms with Crippen LogP contribution in [0.1, 0.15) is 55.3 Å². The van der Waals surface area contributed by atoms with E-state index in [9.17, 15) is 4.79 Å². The molecule has 0 radical (unpaired) electrons. The Kier molecular flexibility index (Phi) is 5.93. The van der Waals surface area contributed by atoms with Crippen LogP contribution in [0.4, 0.5) is 4.79 Å². The molecule has 2 aromatic carbocycles. The average Bonchev–Trinajstić information content (AvgIpc) is 3.22. The van der Waals surface area contributed by atoms with Gasteiger partial charge in [0.25, 0.3) is 0 Å². The minimum atomic E-state index is -0.00198. The topological polar surface area (TPSA) is 50.8 Å². The molecule has 29 heavy (non-hydrogen) atoms. The van der Waals surface area contributed by atoms with Gasteiger partial charge in [-0.2, -0.15) is 0 Å². The highest BCUT2D eigenvalue weighted by atomic mass is 16.5. The molecule has 154 valence electrons. The molecule has 0 bridgehead atoms. The average molecular weight is 395 g/mol. The number of likely N-dealkylation sites (tertiary alicyclic amines) is 1. The maximum absolute atomic E-state index is 13.4. The number of ether oxygens (including phenoxy) is 2. The zero-order valence-electron chi connectivity index (χ0n) is 17.3. The molecule has 0 spiro atoms. The summed E-state index contributed by atoms with van der Waals surface area (Å²) in [6.07, 6.45) is 5.51. The second-order valence-corrected chi connectivity index (χ2v) is 7.99. The molecule has 2 aromatic rings. The first-order valence-electron chi connectivity index (χ1n) is 10.5. The van der Waals surface area contributed by atoms with Crippen molar-refractivity contribution in [3.05, 3.63) is 59.7 Å². The number of amides is 2. The molecule has 2 fully saturated rings. The van der Waals surface area contributed by atoms with Gasteiger partial charge in [0.15, 0.2) is 0 Å². The van der Waals surface area contributed by atoms with Crippen LogP contribution in [-0.2, 0) is 0 Å². The first kappa shape index (κ1) is 19.6. The van der Waals surface area contributed by atoms with Crippen molar-refractivity contribution in [3.63, 3.8) is 0 Å². The van der Waals surface area contributed by atoms with Crippen LogP contribution < -0.4 is 14.8 Å². The molecule has 1 N–H and O–H groups in total. The van der Waals surface area contributed by atoms with Crippen LogP contribution in [0.3, 0.4) is 0 Å². The number of urea groups is 1. The number of hydrogen-bond acceptors (Lipinski definition) is 3. The second kappa shape index (κ2) is 8.76. The smallest absolute Gasteiger partial charge is 0.318 e. The summed E-state index contributed by atoms with van der Waals surface area (Å²) in [5.74, 6) is 2.10. The predicted molar refractivity (Wildman–Crippen MR) is 113 cm³/mol. The first-order chi connectivity index (χ1) is 14.2. The lowest BCUT2D eigenvalue weighted by Crippen LogP contribution is -2.44. The maximum Gasteiger partial charge on any atom is 0.318 e. The molecule has 5 nitrogen and oxygen atoms in total. The van der Waals surface area contributed by atoms with Gasteiger partial charge in [0.2, 0.25) is 0 Å². The van der Waals surface area contributed by atoms with E-state index in [1.165, 1.54) is 24.8 Å². The van der Waals surface area contributed by atoms with Crippen molar-refractivity contribution in [3.8, 4) is 11.5 Å². The van der Waals surface area contributed by atoms with E-state index < -0.39 is 0 Å². The van der Waals surface area contributed by atoms with Crippen molar-refractivity contribution in [2.75, 3.05) is 20.8 Å². The molecule has 2 aliphatic rings. The van der Waals surface area contributed by atoms with Gasteiger partial charge in [0.05, 0.1) is 26.3 Å². The van der Waals surface area contributed by atoms with E-state index in [1.807, 2.05) is 41.3 Å². The van der Waals surface area contributed by atoms with Crippen LogP contribution in [0.15, 0.2) is 48.5 Å². The summed E-state index contributed by atoms with van der Waals surface area (Å²) < 4.78 is 11.0. The van der Waals surface area contributed by atoms with Crippen LogP contribution >= 0.6 is 0 Å². The maximum atomic E-state index is 13.4. The van der Waals surface area contributed by atoms with Crippen LogP contribution in [0, 0.1) is 5.92 Å². The van der Waals surface area contributed by atoms with Crippen molar-refractivity contribution >= 4 is 6.03 Å². The molecule has 1 saturated carbocycles. The van der Waals surface area contributed by atoms with Gasteiger partial charge in [0.1, 0.15) is 11.5 Å². The summed E-state index contributed by atoms with van der Waals surface area (Å²) in [6, 6.07) is 16.3. The molecule has 0 aromatic heterocycles. The Morgan fingerprint density at radius 1 is 1.03 bits per heavy atom. The van der Waals surface area contributed by atoms with Gasteiger partial charge in [-0.15, -0.1) is 0 Å². The summed E-state index contributed by atoms with van der Waals surface area (Å²) in [5.41, 5.74) is 2.21. The van der Waals surface area contributed by atoms with E-state index in [0.717, 1.165) is 36.4 Å². The van der Waals surface area contributed by atoms with Gasteiger partial charge in [-0.1, -0.05) is 36.8 Å². The Balaban J connectivity index is 1.56. The minimum absolute atomic E-state index is 0.00198. The van der Waals surface area contributed by atoms with E-state index in [4.69, 9.17) is 9.47 Å². The zero-order valence-corrected chi connectivity index (χ0v) is 17.3. The number of nitrogens with zero attached hydrogens (tertiary/aromatic N) is 1. The molecule has 1 aliphatic heterocycles. The van der Waals surface area contributed by atoms with E-state index in [1.54, 1.807) is 14.2 Å². The van der Waals surface area contributed by atoms with Crippen LogP contribution in [0.25, 0.3) is 0 Å². The fourth-order valence-corrected chi connectivity index (χ4v) is 4.56. The third-order valence-electron chi connectivity index (χ3n) is 6.37. The highest BCUT2D eigenvalue weighted by Gasteiger charge is 2.36. The van der Waals surface area contributed by atoms with Gasteiger partial charge in [0, 0.05) is 12.1 Å². The Morgan fingerprint density at radius 3 is 2.48 bits per heavy atom. The molecule has 2 atom stereocenters. The zero-order chi connectivity index (χ0) is 20.2. The normalized spacial score (nSPS) is 20.1. The van der Waals surface area contributed by atoms with Gasteiger partial charge in [-0.05, 0) is 55.4 Å². The summed E-state index contributed by atoms with van der Waals surface area (Å²) in [5, 5.41) is 3.36. The summed E-state index contributed by atoms with van der Waals surface area (Å²) in [7, 11) is 3.33. The number of methoxy groups -OCH3 is 2. The van der Waals surface area contributed by atoms with Crippen molar-refractivity contribution in [1.29, 1.82) is 0 Å². The van der Waals surface area contributed by atoms with Gasteiger partial charge in [-0.25, -0.2) is 4.79 Å². The van der Waals surface area contributed by atoms with Crippen LogP contribution in [0.5, 0.6) is 11.5 Å². The molecule has 1 saturated heterocycles. The van der Waals surface area contributed by atoms with Crippen molar-refractivity contribution in [1.82, 2.24) is 10.2 Å². The Morgan fingerprint density at radius 2 is 1.83 bits per heavy atom. The molecule has 5 heteroatoms. The largest absolute Gasteiger partial charge is 0.497 e. The number of hydrogen-bond donors (Lipinski definition) is 1. The monoisotopic (exact) mass is 394 g/mol. The van der Waals surface area contributed by atoms with E-state index >= 15 is 0 Å². The third-order valence-corrected chi connectivity index (χ3v) is 6.37. The van der Waals surface area contributed by atoms with Gasteiger partial charge < -0.3 is 19.7 Å². The van der Waals surface area contributed by atoms with Gasteiger partial charge >= 0.3 is 6.03 Å². The molecule has 2 amide bonds. The predicted octanol–water partition coefficient (Wildman–Crippen LogP) is 5.09. The highest BCUT2D eigenvalue weighted by Crippen LogP contribution is 2.41. The molecule has 1 heterocycles. The SMILES string of the molecule is COc1ccc(OC)c(C2CCCN2C(=O)NC(c2ccccc2)C2CCC2)c1. The summed E-state index contributed by atoms with van der Waals surface area (Å²) in [4.78, 5) is 15.3. The Bertz CT molecular complexity index is 835. The van der Waals surface area contributed by atoms with Crippen molar-refractivity contribution < 1.29 is 14.3 Å². The molecule has 2 unspecified atom stereocenters. The summed E-state index contributed by atoms with van der Waals surface area (Å²) >= 11 is 0. The lowest BCUT2D eigenvalue weighted by molar-refractivity contribution is 0.170. The summed E-state index contributed by atoms with van der Waals surface area (Å²) in [6.45, 7) is 0.753. The van der Waals surface area contributed by atoms with E-state index in [-0.39, 0.29) is 18.1 Å². The number of carbonyl (C=O) groups is 1. The Labute approximate surface area is 173 Å². The Hall–Kier alpha value is -2.69. The lowest BCUT2D eigenvalue weighted by atomic mass is 9.77. The number of carbonyl (C=O) groups excluding carboxylic acids is 1. The van der Waals surface area contributed by atoms with Crippen molar-refractivity contribution in [2.45, 2.75) is 44.2 Å². The van der Waals surface area contributed by atoms with E-state index in [2.05, 4.69) is 17.4 Å². The molecule has 1 aliphatic carbocycles. The number of nitrogens with one attached hydrogen (secondary N) is 1. The molecular formula is C24H30N2O3. The van der Waals surface area contributed by atoms with Gasteiger partial charge in [-0.3, -0.25) is 0 Å². The van der Waals surface area contributed by atoms with Crippen LogP contribution in [-0.4, -0.2) is 31.7 Å². The number of rotatable bonds is 6. The lowest BCUT2D eigenvalue weighted by Gasteiger charge is -2.36. The van der Waals surface area contributed by atoms with E-state index in [0.29, 0.717) is 5.92 Å². The first-order valence-corrected chi connectivity index (χ1v) is 10.5. The fraction of sp³-hybridized carbons (Fsp3) is 0.458. The molecular weight excluding hydrogens is 364 g/mol. The second-order valence-electron chi connectivity index (χ2n) is 7.99. The minimum Gasteiger partial charge on any atom is -0.497 e. The van der Waals surface area contributed by atoms with Crippen molar-refractivity contribution in [2.24, 2.45) is 5.92 Å². The highest BCUT2D eigenvalue weighted by molar-refractivity contribution is 5.76. The fourth-order valence-electron chi connectivity index (χ4n) is 4.56. The third kappa shape index (κ3) is 4.04. The molecule has 4 rings (SSSR count). The standard InChI is InChI=1S/C24H30N2O3/c1-28-19-13-14-22(29-2)20(16-19)21-12-7-15-26(21)24(27)25-23(18-10-6-11-18)17-8-4-3-5-9-17/h3-5,8-9,13-14,16,18,21,23H,6-7,10-12,15H2,1-2H3,(H,25,27). The number of benzene rings is 2. The van der Waals surface area contributed by atoms with Crippen LogP contribution in [0.2, 0.25) is 0 Å².